The van der Waals surface area contributed by atoms with Gasteiger partial charge in [-0.1, -0.05) is 0 Å². The molecular formula is C21H38IN5OS. The Bertz CT molecular complexity index is 610. The van der Waals surface area contributed by atoms with E-state index in [0.717, 1.165) is 71.2 Å². The molecule has 0 atom stereocenters. The molecule has 0 amide bonds. The van der Waals surface area contributed by atoms with Crippen LogP contribution in [0.2, 0.25) is 0 Å². The van der Waals surface area contributed by atoms with E-state index in [1.165, 1.54) is 23.5 Å². The molecule has 0 spiro atoms. The summed E-state index contributed by atoms with van der Waals surface area (Å²) in [6, 6.07) is 0. The summed E-state index contributed by atoms with van der Waals surface area (Å²) in [5.74, 6) is 1.79. The standard InChI is InChI=1S/C21H37N5OS.HI/c1-4-22-21(26-12-8-20(9-13-26)27-5-2)23-14-18-6-10-25(11-7-18)15-19-16-28-17(3)24-19;/h16,18,20H,4-15H2,1-3H3,(H,22,23);1H. The van der Waals surface area contributed by atoms with E-state index in [-0.39, 0.29) is 24.0 Å². The van der Waals surface area contributed by atoms with Crippen LogP contribution in [-0.2, 0) is 11.3 Å². The van der Waals surface area contributed by atoms with E-state index in [0.29, 0.717) is 12.0 Å². The van der Waals surface area contributed by atoms with Gasteiger partial charge >= 0.3 is 0 Å². The molecule has 0 bridgehead atoms. The highest BCUT2D eigenvalue weighted by atomic mass is 127. The summed E-state index contributed by atoms with van der Waals surface area (Å²) in [6.07, 6.45) is 5.10. The molecule has 0 radical (unpaired) electrons. The van der Waals surface area contributed by atoms with Crippen molar-refractivity contribution >= 4 is 41.3 Å². The third-order valence-corrected chi connectivity index (χ3v) is 6.56. The van der Waals surface area contributed by atoms with Crippen molar-refractivity contribution in [3.05, 3.63) is 16.1 Å². The summed E-state index contributed by atoms with van der Waals surface area (Å²) < 4.78 is 5.78. The van der Waals surface area contributed by atoms with Crippen LogP contribution in [0.15, 0.2) is 10.4 Å². The predicted octanol–water partition coefficient (Wildman–Crippen LogP) is 3.75. The largest absolute Gasteiger partial charge is 0.378 e. The van der Waals surface area contributed by atoms with Crippen LogP contribution in [0.1, 0.15) is 50.2 Å². The van der Waals surface area contributed by atoms with Gasteiger partial charge in [-0.25, -0.2) is 4.98 Å². The van der Waals surface area contributed by atoms with Gasteiger partial charge in [0.2, 0.25) is 0 Å². The first-order chi connectivity index (χ1) is 13.7. The summed E-state index contributed by atoms with van der Waals surface area (Å²) in [6.45, 7) is 14.4. The molecule has 6 nitrogen and oxygen atoms in total. The van der Waals surface area contributed by atoms with Crippen LogP contribution in [0, 0.1) is 12.8 Å². The number of hydrogen-bond acceptors (Lipinski definition) is 5. The summed E-state index contributed by atoms with van der Waals surface area (Å²) in [7, 11) is 0. The number of thiazole rings is 1. The lowest BCUT2D eigenvalue weighted by atomic mass is 9.97. The minimum Gasteiger partial charge on any atom is -0.378 e. The van der Waals surface area contributed by atoms with Crippen molar-refractivity contribution in [3.63, 3.8) is 0 Å². The Kier molecular flexibility index (Phi) is 11.2. The van der Waals surface area contributed by atoms with Crippen molar-refractivity contribution in [3.8, 4) is 0 Å². The number of ether oxygens (including phenoxy) is 1. The fraction of sp³-hybridized carbons (Fsp3) is 0.810. The van der Waals surface area contributed by atoms with E-state index in [1.54, 1.807) is 11.3 Å². The van der Waals surface area contributed by atoms with E-state index in [9.17, 15) is 0 Å². The third-order valence-electron chi connectivity index (χ3n) is 5.74. The van der Waals surface area contributed by atoms with Crippen molar-refractivity contribution in [2.24, 2.45) is 10.9 Å². The maximum Gasteiger partial charge on any atom is 0.193 e. The maximum atomic E-state index is 5.78. The van der Waals surface area contributed by atoms with Gasteiger partial charge in [0.05, 0.1) is 16.8 Å². The van der Waals surface area contributed by atoms with E-state index in [2.05, 4.69) is 46.3 Å². The van der Waals surface area contributed by atoms with Crippen LogP contribution in [-0.4, -0.2) is 72.7 Å². The van der Waals surface area contributed by atoms with Crippen molar-refractivity contribution in [2.45, 2.75) is 59.1 Å². The number of aliphatic imine (C=N–C) groups is 1. The molecule has 166 valence electrons. The van der Waals surface area contributed by atoms with Crippen molar-refractivity contribution in [2.75, 3.05) is 45.9 Å². The zero-order valence-electron chi connectivity index (χ0n) is 18.2. The Morgan fingerprint density at radius 2 is 1.93 bits per heavy atom. The van der Waals surface area contributed by atoms with Gasteiger partial charge in [0.25, 0.3) is 0 Å². The van der Waals surface area contributed by atoms with Gasteiger partial charge in [-0.3, -0.25) is 9.89 Å². The molecule has 1 N–H and O–H groups in total. The molecule has 2 saturated heterocycles. The van der Waals surface area contributed by atoms with Crippen LogP contribution in [0.25, 0.3) is 0 Å². The van der Waals surface area contributed by atoms with Crippen LogP contribution >= 0.6 is 35.3 Å². The zero-order chi connectivity index (χ0) is 19.8. The number of rotatable bonds is 7. The molecule has 2 aliphatic rings. The van der Waals surface area contributed by atoms with Crippen molar-refractivity contribution in [1.82, 2.24) is 20.1 Å². The highest BCUT2D eigenvalue weighted by Gasteiger charge is 2.23. The van der Waals surface area contributed by atoms with Gasteiger partial charge in [-0.2, -0.15) is 0 Å². The summed E-state index contributed by atoms with van der Waals surface area (Å²) in [5, 5.41) is 6.86. The smallest absolute Gasteiger partial charge is 0.193 e. The quantitative estimate of drug-likeness (QED) is 0.328. The maximum absolute atomic E-state index is 5.78. The Labute approximate surface area is 197 Å². The lowest BCUT2D eigenvalue weighted by Gasteiger charge is -2.35. The Morgan fingerprint density at radius 1 is 1.21 bits per heavy atom. The van der Waals surface area contributed by atoms with Crippen LogP contribution in [0.4, 0.5) is 0 Å². The van der Waals surface area contributed by atoms with Crippen LogP contribution in [0.5, 0.6) is 0 Å². The molecule has 2 fully saturated rings. The monoisotopic (exact) mass is 535 g/mol. The van der Waals surface area contributed by atoms with E-state index in [4.69, 9.17) is 9.73 Å². The second-order valence-electron chi connectivity index (χ2n) is 7.91. The lowest BCUT2D eigenvalue weighted by Crippen LogP contribution is -2.47. The number of nitrogens with one attached hydrogen (secondary N) is 1. The van der Waals surface area contributed by atoms with Gasteiger partial charge in [0.15, 0.2) is 5.96 Å². The van der Waals surface area contributed by atoms with E-state index >= 15 is 0 Å². The highest BCUT2D eigenvalue weighted by molar-refractivity contribution is 14.0. The average molecular weight is 536 g/mol. The molecule has 0 saturated carbocycles. The molecule has 0 aliphatic carbocycles. The number of aromatic nitrogens is 1. The second kappa shape index (κ2) is 13.1. The molecule has 8 heteroatoms. The fourth-order valence-electron chi connectivity index (χ4n) is 4.15. The Balaban J connectivity index is 0.00000300. The topological polar surface area (TPSA) is 53.0 Å². The molecule has 3 rings (SSSR count). The highest BCUT2D eigenvalue weighted by Crippen LogP contribution is 2.20. The fourth-order valence-corrected chi connectivity index (χ4v) is 4.75. The van der Waals surface area contributed by atoms with Gasteiger partial charge in [-0.05, 0) is 65.5 Å². The minimum absolute atomic E-state index is 0. The number of aryl methyl sites for hydroxylation is 1. The minimum atomic E-state index is 0. The lowest BCUT2D eigenvalue weighted by molar-refractivity contribution is 0.0263. The van der Waals surface area contributed by atoms with E-state index in [1.807, 2.05) is 0 Å². The molecule has 1 aromatic rings. The first-order valence-corrected chi connectivity index (χ1v) is 11.8. The number of nitrogens with zero attached hydrogens (tertiary/aromatic N) is 4. The molecule has 0 unspecified atom stereocenters. The molecular weight excluding hydrogens is 497 g/mol. The molecule has 0 aromatic carbocycles. The summed E-state index contributed by atoms with van der Waals surface area (Å²) >= 11 is 1.75. The third kappa shape index (κ3) is 7.95. The van der Waals surface area contributed by atoms with Gasteiger partial charge in [0, 0.05) is 44.7 Å². The van der Waals surface area contributed by atoms with Gasteiger partial charge in [0.1, 0.15) is 0 Å². The number of piperidine rings is 2. The van der Waals surface area contributed by atoms with Crippen LogP contribution < -0.4 is 5.32 Å². The van der Waals surface area contributed by atoms with E-state index < -0.39 is 0 Å². The SMILES string of the molecule is CCNC(=NCC1CCN(Cc2csc(C)n2)CC1)N1CCC(OCC)CC1.I. The Hall–Kier alpha value is -0.450. The number of likely N-dealkylation sites (tertiary alicyclic amines) is 2. The molecule has 29 heavy (non-hydrogen) atoms. The Morgan fingerprint density at radius 3 is 2.52 bits per heavy atom. The second-order valence-corrected chi connectivity index (χ2v) is 8.98. The zero-order valence-corrected chi connectivity index (χ0v) is 21.4. The normalized spacial score (nSPS) is 20.0. The predicted molar refractivity (Wildman–Crippen MR) is 132 cm³/mol. The number of hydrogen-bond donors (Lipinski definition) is 1. The summed E-state index contributed by atoms with van der Waals surface area (Å²) in [5.41, 5.74) is 1.23. The average Bonchev–Trinajstić information content (AvgIpc) is 3.12. The molecule has 2 aliphatic heterocycles. The first kappa shape index (κ1) is 24.8. The van der Waals surface area contributed by atoms with Gasteiger partial charge in [-0.15, -0.1) is 35.3 Å². The molecule has 1 aromatic heterocycles. The van der Waals surface area contributed by atoms with Crippen molar-refractivity contribution in [1.29, 1.82) is 0 Å². The first-order valence-electron chi connectivity index (χ1n) is 11.0. The number of guanidine groups is 1. The summed E-state index contributed by atoms with van der Waals surface area (Å²) in [4.78, 5) is 14.6. The number of halogens is 1. The van der Waals surface area contributed by atoms with Crippen LogP contribution in [0.3, 0.4) is 0 Å². The van der Waals surface area contributed by atoms with Crippen molar-refractivity contribution < 1.29 is 4.74 Å². The van der Waals surface area contributed by atoms with Gasteiger partial charge < -0.3 is 15.0 Å². The molecule has 3 heterocycles.